The number of hydrogen-bond acceptors (Lipinski definition) is 4. The van der Waals surface area contributed by atoms with E-state index in [1.165, 1.54) is 11.3 Å². The van der Waals surface area contributed by atoms with Crippen molar-refractivity contribution < 1.29 is 9.59 Å². The van der Waals surface area contributed by atoms with Gasteiger partial charge in [0.25, 0.3) is 0 Å². The van der Waals surface area contributed by atoms with Crippen LogP contribution in [0, 0.1) is 0 Å². The fourth-order valence-electron chi connectivity index (χ4n) is 2.41. The van der Waals surface area contributed by atoms with Crippen molar-refractivity contribution in [2.24, 2.45) is 0 Å². The number of carbonyl (C=O) groups is 2. The van der Waals surface area contributed by atoms with Crippen LogP contribution in [0.5, 0.6) is 0 Å². The van der Waals surface area contributed by atoms with Crippen LogP contribution >= 0.6 is 11.3 Å². The molecule has 1 aromatic heterocycles. The van der Waals surface area contributed by atoms with E-state index in [0.29, 0.717) is 13.0 Å². The van der Waals surface area contributed by atoms with Gasteiger partial charge in [-0.25, -0.2) is 4.98 Å². The van der Waals surface area contributed by atoms with Crippen LogP contribution in [0.3, 0.4) is 0 Å². The van der Waals surface area contributed by atoms with Crippen molar-refractivity contribution in [2.45, 2.75) is 19.0 Å². The Morgan fingerprint density at radius 1 is 1.29 bits per heavy atom. The maximum atomic E-state index is 12.5. The second kappa shape index (κ2) is 6.05. The van der Waals surface area contributed by atoms with Crippen molar-refractivity contribution in [3.05, 3.63) is 52.5 Å². The van der Waals surface area contributed by atoms with Crippen LogP contribution < -0.4 is 5.32 Å². The van der Waals surface area contributed by atoms with E-state index in [2.05, 4.69) is 10.3 Å². The van der Waals surface area contributed by atoms with E-state index < -0.39 is 6.04 Å². The molecule has 0 aliphatic carbocycles. The molecule has 0 radical (unpaired) electrons. The molecule has 3 rings (SSSR count). The SMILES string of the molecule is O=C1CN(Cc2cscn2)C(=O)C(Cc2ccccc2)N1. The molecule has 1 aliphatic heterocycles. The molecule has 0 saturated carbocycles. The lowest BCUT2D eigenvalue weighted by Crippen LogP contribution is -2.58. The van der Waals surface area contributed by atoms with E-state index in [-0.39, 0.29) is 18.4 Å². The molecular formula is C15H15N3O2S. The zero-order valence-electron chi connectivity index (χ0n) is 11.4. The second-order valence-corrected chi connectivity index (χ2v) is 5.70. The van der Waals surface area contributed by atoms with Crippen molar-refractivity contribution in [2.75, 3.05) is 6.54 Å². The summed E-state index contributed by atoms with van der Waals surface area (Å²) >= 11 is 1.48. The van der Waals surface area contributed by atoms with Gasteiger partial charge in [0.2, 0.25) is 11.8 Å². The van der Waals surface area contributed by atoms with Crippen LogP contribution in [0.1, 0.15) is 11.3 Å². The van der Waals surface area contributed by atoms with Crippen LogP contribution in [0.2, 0.25) is 0 Å². The normalized spacial score (nSPS) is 18.7. The molecule has 1 saturated heterocycles. The maximum Gasteiger partial charge on any atom is 0.246 e. The van der Waals surface area contributed by atoms with Gasteiger partial charge in [-0.05, 0) is 5.56 Å². The highest BCUT2D eigenvalue weighted by Gasteiger charge is 2.32. The van der Waals surface area contributed by atoms with E-state index in [1.54, 1.807) is 10.4 Å². The Morgan fingerprint density at radius 3 is 2.81 bits per heavy atom. The fraction of sp³-hybridized carbons (Fsp3) is 0.267. The molecule has 1 unspecified atom stereocenters. The van der Waals surface area contributed by atoms with Crippen LogP contribution in [-0.4, -0.2) is 34.3 Å². The second-order valence-electron chi connectivity index (χ2n) is 4.98. The van der Waals surface area contributed by atoms with E-state index in [4.69, 9.17) is 0 Å². The summed E-state index contributed by atoms with van der Waals surface area (Å²) in [7, 11) is 0. The average molecular weight is 301 g/mol. The number of thiazole rings is 1. The van der Waals surface area contributed by atoms with Crippen LogP contribution in [0.4, 0.5) is 0 Å². The molecule has 0 bridgehead atoms. The maximum absolute atomic E-state index is 12.5. The molecule has 5 nitrogen and oxygen atoms in total. The minimum absolute atomic E-state index is 0.0496. The molecule has 1 fully saturated rings. The van der Waals surface area contributed by atoms with E-state index in [1.807, 2.05) is 35.7 Å². The van der Waals surface area contributed by atoms with Crippen molar-refractivity contribution in [3.63, 3.8) is 0 Å². The van der Waals surface area contributed by atoms with Gasteiger partial charge in [0, 0.05) is 11.8 Å². The van der Waals surface area contributed by atoms with Gasteiger partial charge in [-0.1, -0.05) is 30.3 Å². The summed E-state index contributed by atoms with van der Waals surface area (Å²) in [5, 5.41) is 4.67. The smallest absolute Gasteiger partial charge is 0.246 e. The molecule has 2 heterocycles. The number of amides is 2. The minimum atomic E-state index is -0.493. The summed E-state index contributed by atoms with van der Waals surface area (Å²) in [5.74, 6) is -0.169. The summed E-state index contributed by atoms with van der Waals surface area (Å²) in [6.45, 7) is 0.489. The number of nitrogens with zero attached hydrogens (tertiary/aromatic N) is 2. The first-order valence-electron chi connectivity index (χ1n) is 6.71. The molecule has 108 valence electrons. The Balaban J connectivity index is 1.72. The topological polar surface area (TPSA) is 62.3 Å². The zero-order valence-corrected chi connectivity index (χ0v) is 12.2. The number of nitrogens with one attached hydrogen (secondary N) is 1. The zero-order chi connectivity index (χ0) is 14.7. The number of hydrogen-bond donors (Lipinski definition) is 1. The van der Waals surface area contributed by atoms with E-state index in [0.717, 1.165) is 11.3 Å². The first kappa shape index (κ1) is 13.8. The Morgan fingerprint density at radius 2 is 2.10 bits per heavy atom. The third-order valence-electron chi connectivity index (χ3n) is 3.40. The predicted molar refractivity (Wildman–Crippen MR) is 79.6 cm³/mol. The van der Waals surface area contributed by atoms with Gasteiger partial charge in [0.15, 0.2) is 0 Å². The molecule has 1 aromatic carbocycles. The minimum Gasteiger partial charge on any atom is -0.342 e. The van der Waals surface area contributed by atoms with Gasteiger partial charge in [-0.2, -0.15) is 0 Å². The quantitative estimate of drug-likeness (QED) is 0.923. The third kappa shape index (κ3) is 3.28. The molecule has 21 heavy (non-hydrogen) atoms. The monoisotopic (exact) mass is 301 g/mol. The van der Waals surface area contributed by atoms with Gasteiger partial charge in [-0.15, -0.1) is 11.3 Å². The van der Waals surface area contributed by atoms with Crippen LogP contribution in [0.25, 0.3) is 0 Å². The predicted octanol–water partition coefficient (Wildman–Crippen LogP) is 1.21. The number of piperazine rings is 1. The van der Waals surface area contributed by atoms with Gasteiger partial charge in [0.1, 0.15) is 12.6 Å². The Hall–Kier alpha value is -2.21. The van der Waals surface area contributed by atoms with Crippen LogP contribution in [-0.2, 0) is 22.6 Å². The van der Waals surface area contributed by atoms with Crippen molar-refractivity contribution >= 4 is 23.2 Å². The molecular weight excluding hydrogens is 286 g/mol. The molecule has 2 aromatic rings. The molecule has 6 heteroatoms. The van der Waals surface area contributed by atoms with Gasteiger partial charge < -0.3 is 10.2 Å². The lowest BCUT2D eigenvalue weighted by atomic mass is 10.0. The summed E-state index contributed by atoms with van der Waals surface area (Å²) < 4.78 is 0. The van der Waals surface area contributed by atoms with Crippen molar-refractivity contribution in [3.8, 4) is 0 Å². The number of aromatic nitrogens is 1. The number of rotatable bonds is 4. The Bertz CT molecular complexity index is 628. The third-order valence-corrected chi connectivity index (χ3v) is 4.03. The fourth-order valence-corrected chi connectivity index (χ4v) is 2.96. The summed E-state index contributed by atoms with van der Waals surface area (Å²) in [4.78, 5) is 30.1. The number of carbonyl (C=O) groups excluding carboxylic acids is 2. The summed E-state index contributed by atoms with van der Waals surface area (Å²) in [6.07, 6.45) is 0.513. The van der Waals surface area contributed by atoms with Crippen molar-refractivity contribution in [1.29, 1.82) is 0 Å². The van der Waals surface area contributed by atoms with Gasteiger partial charge >= 0.3 is 0 Å². The highest BCUT2D eigenvalue weighted by atomic mass is 32.1. The standard InChI is InChI=1S/C15H15N3O2S/c19-14-8-18(7-12-9-21-10-16-12)15(20)13(17-14)6-11-4-2-1-3-5-11/h1-5,9-10,13H,6-8H2,(H,17,19). The van der Waals surface area contributed by atoms with Gasteiger partial charge in [0.05, 0.1) is 17.7 Å². The van der Waals surface area contributed by atoms with Crippen molar-refractivity contribution in [1.82, 2.24) is 15.2 Å². The summed E-state index contributed by atoms with van der Waals surface area (Å²) in [5.41, 5.74) is 3.58. The van der Waals surface area contributed by atoms with Crippen LogP contribution in [0.15, 0.2) is 41.2 Å². The largest absolute Gasteiger partial charge is 0.342 e. The Kier molecular flexibility index (Phi) is 3.96. The molecule has 1 atom stereocenters. The molecule has 1 N–H and O–H groups in total. The first-order chi connectivity index (χ1) is 10.2. The molecule has 0 spiro atoms. The first-order valence-corrected chi connectivity index (χ1v) is 7.66. The lowest BCUT2D eigenvalue weighted by molar-refractivity contribution is -0.144. The lowest BCUT2D eigenvalue weighted by Gasteiger charge is -2.32. The van der Waals surface area contributed by atoms with E-state index >= 15 is 0 Å². The highest BCUT2D eigenvalue weighted by molar-refractivity contribution is 7.07. The summed E-state index contributed by atoms with van der Waals surface area (Å²) in [6, 6.07) is 9.21. The average Bonchev–Trinajstić information content (AvgIpc) is 2.98. The number of benzene rings is 1. The Labute approximate surface area is 126 Å². The van der Waals surface area contributed by atoms with E-state index in [9.17, 15) is 9.59 Å². The van der Waals surface area contributed by atoms with Gasteiger partial charge in [-0.3, -0.25) is 9.59 Å². The molecule has 2 amide bonds. The highest BCUT2D eigenvalue weighted by Crippen LogP contribution is 2.13. The molecule has 1 aliphatic rings.